The molecule has 3 aromatic rings. The van der Waals surface area contributed by atoms with Crippen LogP contribution < -0.4 is 10.5 Å². The predicted octanol–water partition coefficient (Wildman–Crippen LogP) is 3.34. The topological polar surface area (TPSA) is 120 Å². The first kappa shape index (κ1) is 20.6. The van der Waals surface area contributed by atoms with Crippen LogP contribution in [0.1, 0.15) is 22.8 Å². The van der Waals surface area contributed by atoms with Crippen molar-refractivity contribution >= 4 is 15.8 Å². The summed E-state index contributed by atoms with van der Waals surface area (Å²) in [5, 5.41) is 9.87. The second kappa shape index (κ2) is 8.50. The predicted molar refractivity (Wildman–Crippen MR) is 108 cm³/mol. The Kier molecular flexibility index (Phi) is 6.05. The molecule has 0 radical (unpaired) electrons. The summed E-state index contributed by atoms with van der Waals surface area (Å²) in [6.07, 6.45) is 2.92. The van der Waals surface area contributed by atoms with Crippen LogP contribution in [-0.2, 0) is 15.6 Å². The summed E-state index contributed by atoms with van der Waals surface area (Å²) >= 11 is 0. The summed E-state index contributed by atoms with van der Waals surface area (Å²) in [6, 6.07) is 12.3. The quantitative estimate of drug-likeness (QED) is 0.579. The molecule has 0 saturated carbocycles. The molecule has 0 aliphatic rings. The Bertz CT molecular complexity index is 1090. The highest BCUT2D eigenvalue weighted by atomic mass is 32.2. The van der Waals surface area contributed by atoms with Crippen molar-refractivity contribution in [3.8, 4) is 16.9 Å². The second-order valence-electron chi connectivity index (χ2n) is 6.65. The van der Waals surface area contributed by atoms with Gasteiger partial charge in [-0.1, -0.05) is 30.3 Å². The smallest absolute Gasteiger partial charge is 0.339 e. The van der Waals surface area contributed by atoms with Gasteiger partial charge in [-0.2, -0.15) is 0 Å². The molecule has 3 N–H and O–H groups in total. The Hall–Kier alpha value is -3.10. The third-order valence-corrected chi connectivity index (χ3v) is 5.91. The van der Waals surface area contributed by atoms with E-state index in [1.165, 1.54) is 30.7 Å². The van der Waals surface area contributed by atoms with Crippen LogP contribution >= 0.6 is 0 Å². The first-order valence-electron chi connectivity index (χ1n) is 8.87. The minimum atomic E-state index is -3.75. The number of nitrogens with two attached hydrogens (primary N) is 1. The van der Waals surface area contributed by atoms with E-state index in [1.54, 1.807) is 37.3 Å². The first-order valence-corrected chi connectivity index (χ1v) is 10.5. The van der Waals surface area contributed by atoms with E-state index in [-0.39, 0.29) is 34.4 Å². The van der Waals surface area contributed by atoms with Crippen LogP contribution in [0.5, 0.6) is 5.75 Å². The van der Waals surface area contributed by atoms with E-state index in [4.69, 9.17) is 14.9 Å². The maximum Gasteiger partial charge on any atom is 0.339 e. The van der Waals surface area contributed by atoms with Gasteiger partial charge in [0.15, 0.2) is 9.84 Å². The minimum Gasteiger partial charge on any atom is -0.490 e. The molecule has 1 atom stereocenters. The molecule has 2 aromatic carbocycles. The number of furan rings is 1. The van der Waals surface area contributed by atoms with E-state index in [2.05, 4.69) is 0 Å². The summed E-state index contributed by atoms with van der Waals surface area (Å²) in [7, 11) is -3.75. The van der Waals surface area contributed by atoms with E-state index >= 15 is 0 Å². The van der Waals surface area contributed by atoms with Gasteiger partial charge < -0.3 is 20.0 Å². The van der Waals surface area contributed by atoms with Crippen LogP contribution in [0.3, 0.4) is 0 Å². The highest BCUT2D eigenvalue weighted by molar-refractivity contribution is 7.90. The lowest BCUT2D eigenvalue weighted by Gasteiger charge is -2.18. The molecule has 0 spiro atoms. The Balaban J connectivity index is 2.13. The summed E-state index contributed by atoms with van der Waals surface area (Å²) in [4.78, 5) is 12.2. The van der Waals surface area contributed by atoms with Gasteiger partial charge in [0.25, 0.3) is 0 Å². The van der Waals surface area contributed by atoms with Gasteiger partial charge in [0.2, 0.25) is 0 Å². The number of carboxylic acid groups (broad SMARTS) is 1. The molecule has 0 amide bonds. The van der Waals surface area contributed by atoms with Crippen LogP contribution in [0.25, 0.3) is 11.1 Å². The van der Waals surface area contributed by atoms with Crippen molar-refractivity contribution < 1.29 is 27.5 Å². The zero-order chi connectivity index (χ0) is 21.0. The number of carbonyl (C=O) groups is 1. The Morgan fingerprint density at radius 3 is 2.48 bits per heavy atom. The molecular formula is C21H21NO6S. The van der Waals surface area contributed by atoms with Gasteiger partial charge in [-0.15, -0.1) is 0 Å². The van der Waals surface area contributed by atoms with Crippen LogP contribution in [0, 0.1) is 0 Å². The average molecular weight is 415 g/mol. The maximum absolute atomic E-state index is 12.8. The third-order valence-electron chi connectivity index (χ3n) is 4.23. The monoisotopic (exact) mass is 415 g/mol. The number of sulfone groups is 1. The fourth-order valence-corrected chi connectivity index (χ4v) is 4.29. The summed E-state index contributed by atoms with van der Waals surface area (Å²) in [5.41, 5.74) is 6.79. The molecule has 29 heavy (non-hydrogen) atoms. The zero-order valence-corrected chi connectivity index (χ0v) is 16.6. The van der Waals surface area contributed by atoms with Crippen molar-refractivity contribution in [2.75, 3.05) is 6.61 Å². The maximum atomic E-state index is 12.8. The molecule has 1 heterocycles. The highest BCUT2D eigenvalue weighted by Gasteiger charge is 2.26. The molecule has 0 aliphatic carbocycles. The van der Waals surface area contributed by atoms with Gasteiger partial charge in [0, 0.05) is 17.2 Å². The zero-order valence-electron chi connectivity index (χ0n) is 15.7. The standard InChI is InChI=1S/C21H21NO6S/c1-14(22)11-28-20-18(15-9-10-27-12-15)8-7-16(19(20)21(23)24)13-29(25,26)17-5-3-2-4-6-17/h2-10,12,14H,11,13,22H2,1H3,(H,23,24). The lowest BCUT2D eigenvalue weighted by atomic mass is 9.99. The third kappa shape index (κ3) is 4.67. The van der Waals surface area contributed by atoms with Gasteiger partial charge in [0.1, 0.15) is 17.9 Å². The number of benzene rings is 2. The Morgan fingerprint density at radius 2 is 1.90 bits per heavy atom. The molecule has 3 rings (SSSR count). The fraction of sp³-hybridized carbons (Fsp3) is 0.190. The molecule has 0 bridgehead atoms. The van der Waals surface area contributed by atoms with E-state index in [0.29, 0.717) is 11.1 Å². The van der Waals surface area contributed by atoms with Crippen molar-refractivity contribution in [3.05, 3.63) is 72.2 Å². The molecular weight excluding hydrogens is 394 g/mol. The van der Waals surface area contributed by atoms with Crippen molar-refractivity contribution in [2.45, 2.75) is 23.6 Å². The number of hydrogen-bond donors (Lipinski definition) is 2. The van der Waals surface area contributed by atoms with Gasteiger partial charge in [-0.25, -0.2) is 13.2 Å². The molecule has 0 saturated heterocycles. The Labute approximate surface area is 168 Å². The van der Waals surface area contributed by atoms with E-state index in [1.807, 2.05) is 0 Å². The van der Waals surface area contributed by atoms with Crippen molar-refractivity contribution in [1.29, 1.82) is 0 Å². The van der Waals surface area contributed by atoms with Gasteiger partial charge in [0.05, 0.1) is 23.2 Å². The van der Waals surface area contributed by atoms with Crippen molar-refractivity contribution in [3.63, 3.8) is 0 Å². The largest absolute Gasteiger partial charge is 0.490 e. The Morgan fingerprint density at radius 1 is 1.17 bits per heavy atom. The van der Waals surface area contributed by atoms with Gasteiger partial charge in [-0.05, 0) is 30.7 Å². The molecule has 1 aromatic heterocycles. The highest BCUT2D eigenvalue weighted by Crippen LogP contribution is 2.37. The van der Waals surface area contributed by atoms with E-state index < -0.39 is 21.6 Å². The molecule has 0 fully saturated rings. The first-order chi connectivity index (χ1) is 13.8. The number of rotatable bonds is 8. The molecule has 8 heteroatoms. The van der Waals surface area contributed by atoms with Crippen molar-refractivity contribution in [1.82, 2.24) is 0 Å². The van der Waals surface area contributed by atoms with Gasteiger partial charge >= 0.3 is 5.97 Å². The molecule has 7 nitrogen and oxygen atoms in total. The van der Waals surface area contributed by atoms with Crippen LogP contribution in [0.2, 0.25) is 0 Å². The second-order valence-corrected chi connectivity index (χ2v) is 8.64. The van der Waals surface area contributed by atoms with E-state index in [0.717, 1.165) is 0 Å². The SMILES string of the molecule is CC(N)COc1c(-c2ccoc2)ccc(CS(=O)(=O)c2ccccc2)c1C(=O)O. The minimum absolute atomic E-state index is 0.0666. The normalized spacial score (nSPS) is 12.5. The summed E-state index contributed by atoms with van der Waals surface area (Å²) in [5.74, 6) is -1.69. The van der Waals surface area contributed by atoms with Crippen LogP contribution in [-0.4, -0.2) is 32.1 Å². The fourth-order valence-electron chi connectivity index (χ4n) is 2.90. The molecule has 152 valence electrons. The van der Waals surface area contributed by atoms with Crippen LogP contribution in [0.4, 0.5) is 0 Å². The number of carboxylic acids is 1. The summed E-state index contributed by atoms with van der Waals surface area (Å²) < 4.78 is 36.4. The van der Waals surface area contributed by atoms with Crippen LogP contribution in [0.15, 0.2) is 70.4 Å². The number of hydrogen-bond acceptors (Lipinski definition) is 6. The lowest BCUT2D eigenvalue weighted by Crippen LogP contribution is -2.24. The number of ether oxygens (including phenoxy) is 1. The lowest BCUT2D eigenvalue weighted by molar-refractivity contribution is 0.0691. The average Bonchev–Trinajstić information content (AvgIpc) is 3.21. The molecule has 1 unspecified atom stereocenters. The number of aromatic carboxylic acids is 1. The van der Waals surface area contributed by atoms with E-state index in [9.17, 15) is 18.3 Å². The molecule has 0 aliphatic heterocycles. The van der Waals surface area contributed by atoms with Gasteiger partial charge in [-0.3, -0.25) is 0 Å². The van der Waals surface area contributed by atoms with Crippen molar-refractivity contribution in [2.24, 2.45) is 5.73 Å². The summed E-state index contributed by atoms with van der Waals surface area (Å²) in [6.45, 7) is 1.79.